The predicted octanol–water partition coefficient (Wildman–Crippen LogP) is 6.71. The third-order valence-corrected chi connectivity index (χ3v) is 8.09. The molecule has 1 fully saturated rings. The summed E-state index contributed by atoms with van der Waals surface area (Å²) in [5.74, 6) is 0.836. The zero-order valence-electron chi connectivity index (χ0n) is 24.1. The fourth-order valence-corrected chi connectivity index (χ4v) is 6.13. The molecule has 0 radical (unpaired) electrons. The first-order valence-electron chi connectivity index (χ1n) is 13.8. The van der Waals surface area contributed by atoms with Crippen molar-refractivity contribution in [2.75, 3.05) is 38.1 Å². The lowest BCUT2D eigenvalue weighted by Crippen LogP contribution is -2.59. The van der Waals surface area contributed by atoms with Gasteiger partial charge in [0.25, 0.3) is 0 Å². The Kier molecular flexibility index (Phi) is 10.3. The Morgan fingerprint density at radius 1 is 1.15 bits per heavy atom. The number of hydrogen-bond donors (Lipinski definition) is 1. The van der Waals surface area contributed by atoms with Gasteiger partial charge in [-0.25, -0.2) is 14.6 Å². The monoisotopic (exact) mass is 669 g/mol. The van der Waals surface area contributed by atoms with Gasteiger partial charge in [0.1, 0.15) is 28.3 Å². The van der Waals surface area contributed by atoms with Gasteiger partial charge in [-0.1, -0.05) is 39.1 Å². The summed E-state index contributed by atoms with van der Waals surface area (Å²) in [5, 5.41) is 3.34. The summed E-state index contributed by atoms with van der Waals surface area (Å²) in [6, 6.07) is 8.82. The molecule has 224 valence electrons. The molecule has 41 heavy (non-hydrogen) atoms. The SMILES string of the molecule is C[C@@H]1CN(C(=O)OC(C)(C)C)[C@@H](C)CN1CCCN(C(=O)Nc1cc(Cl)nc(Cl)c1)C1COc2ccc(Br)cc2C1. The van der Waals surface area contributed by atoms with Gasteiger partial charge in [-0.3, -0.25) is 4.90 Å². The lowest BCUT2D eigenvalue weighted by Gasteiger charge is -2.44. The van der Waals surface area contributed by atoms with Gasteiger partial charge in [0.2, 0.25) is 0 Å². The van der Waals surface area contributed by atoms with E-state index in [-0.39, 0.29) is 40.6 Å². The standard InChI is InChI=1S/C29H38BrCl2N5O4/c1-18-16-37(28(39)41-29(3,4)5)19(2)15-35(18)9-6-10-36(27(38)33-22-13-25(31)34-26(32)14-22)23-12-20-11-21(30)7-8-24(20)40-17-23/h7-8,11,13-14,18-19,23H,6,9-10,12,15-17H2,1-5H3,(H,33,34,38)/t18-,19+,23?/m1/s1. The fourth-order valence-electron chi connectivity index (χ4n) is 5.26. The van der Waals surface area contributed by atoms with Gasteiger partial charge in [0.05, 0.1) is 6.04 Å². The minimum absolute atomic E-state index is 0.0170. The van der Waals surface area contributed by atoms with Gasteiger partial charge < -0.3 is 24.6 Å². The van der Waals surface area contributed by atoms with Crippen molar-refractivity contribution < 1.29 is 19.1 Å². The molecule has 0 spiro atoms. The molecule has 1 unspecified atom stereocenters. The van der Waals surface area contributed by atoms with Crippen LogP contribution in [0.5, 0.6) is 5.75 Å². The molecule has 4 rings (SSSR count). The van der Waals surface area contributed by atoms with Crippen LogP contribution in [0.15, 0.2) is 34.8 Å². The van der Waals surface area contributed by atoms with E-state index in [2.05, 4.69) is 38.1 Å². The number of anilines is 1. The highest BCUT2D eigenvalue weighted by molar-refractivity contribution is 9.10. The number of amides is 3. The van der Waals surface area contributed by atoms with Gasteiger partial charge >= 0.3 is 12.1 Å². The summed E-state index contributed by atoms with van der Waals surface area (Å²) in [5.41, 5.74) is 0.989. The molecule has 3 heterocycles. The number of nitrogens with zero attached hydrogens (tertiary/aromatic N) is 4. The molecule has 1 saturated heterocycles. The van der Waals surface area contributed by atoms with E-state index in [1.807, 2.05) is 55.7 Å². The van der Waals surface area contributed by atoms with Crippen molar-refractivity contribution in [1.82, 2.24) is 19.7 Å². The number of ether oxygens (including phenoxy) is 2. The minimum atomic E-state index is -0.534. The number of urea groups is 1. The Bertz CT molecular complexity index is 1240. The summed E-state index contributed by atoms with van der Waals surface area (Å²) < 4.78 is 12.6. The summed E-state index contributed by atoms with van der Waals surface area (Å²) in [6.07, 6.45) is 1.14. The van der Waals surface area contributed by atoms with Gasteiger partial charge in [-0.15, -0.1) is 0 Å². The van der Waals surface area contributed by atoms with E-state index in [0.29, 0.717) is 31.8 Å². The third-order valence-electron chi connectivity index (χ3n) is 7.21. The largest absolute Gasteiger partial charge is 0.491 e. The zero-order valence-corrected chi connectivity index (χ0v) is 27.2. The molecule has 12 heteroatoms. The molecule has 3 amide bonds. The molecule has 1 aromatic heterocycles. The van der Waals surface area contributed by atoms with Crippen molar-refractivity contribution in [3.63, 3.8) is 0 Å². The smallest absolute Gasteiger partial charge is 0.410 e. The van der Waals surface area contributed by atoms with Gasteiger partial charge in [0, 0.05) is 48.4 Å². The molecule has 9 nitrogen and oxygen atoms in total. The van der Waals surface area contributed by atoms with Crippen molar-refractivity contribution in [1.29, 1.82) is 0 Å². The summed E-state index contributed by atoms with van der Waals surface area (Å²) in [4.78, 5) is 36.3. The molecule has 1 N–H and O–H groups in total. The molecule has 1 aromatic carbocycles. The number of carbonyl (C=O) groups is 2. The average molecular weight is 671 g/mol. The van der Waals surface area contributed by atoms with E-state index in [1.165, 1.54) is 0 Å². The quantitative estimate of drug-likeness (QED) is 0.344. The number of hydrogen-bond acceptors (Lipinski definition) is 6. The molecule has 2 aliphatic rings. The molecule has 2 aliphatic heterocycles. The Balaban J connectivity index is 1.43. The number of halogens is 3. The molecule has 0 aliphatic carbocycles. The number of nitrogens with one attached hydrogen (secondary N) is 1. The highest BCUT2D eigenvalue weighted by Gasteiger charge is 2.35. The highest BCUT2D eigenvalue weighted by atomic mass is 79.9. The summed E-state index contributed by atoms with van der Waals surface area (Å²) >= 11 is 15.7. The normalized spacial score (nSPS) is 21.1. The number of aromatic nitrogens is 1. The van der Waals surface area contributed by atoms with Gasteiger partial charge in [-0.2, -0.15) is 0 Å². The molecule has 0 saturated carbocycles. The first-order chi connectivity index (χ1) is 19.3. The maximum Gasteiger partial charge on any atom is 0.410 e. The van der Waals surface area contributed by atoms with E-state index < -0.39 is 5.60 Å². The van der Waals surface area contributed by atoms with Crippen LogP contribution in [-0.4, -0.2) is 88.3 Å². The molecular weight excluding hydrogens is 633 g/mol. The fraction of sp³-hybridized carbons (Fsp3) is 0.552. The Hall–Kier alpha value is -2.27. The van der Waals surface area contributed by atoms with E-state index in [4.69, 9.17) is 32.7 Å². The van der Waals surface area contributed by atoms with E-state index >= 15 is 0 Å². The number of benzene rings is 1. The maximum absolute atomic E-state index is 13.6. The van der Waals surface area contributed by atoms with Crippen LogP contribution in [-0.2, 0) is 11.2 Å². The molecular formula is C29H38BrCl2N5O4. The minimum Gasteiger partial charge on any atom is -0.491 e. The Morgan fingerprint density at radius 3 is 2.54 bits per heavy atom. The number of rotatable bonds is 6. The summed E-state index contributed by atoms with van der Waals surface area (Å²) in [6.45, 7) is 12.8. The third kappa shape index (κ3) is 8.63. The number of fused-ring (bicyclic) bond motifs is 1. The van der Waals surface area contributed by atoms with Crippen LogP contribution in [0.4, 0.5) is 15.3 Å². The lowest BCUT2D eigenvalue weighted by atomic mass is 10.0. The summed E-state index contributed by atoms with van der Waals surface area (Å²) in [7, 11) is 0. The molecule has 3 atom stereocenters. The number of piperazine rings is 1. The maximum atomic E-state index is 13.6. The van der Waals surface area contributed by atoms with E-state index in [0.717, 1.165) is 35.3 Å². The van der Waals surface area contributed by atoms with Crippen molar-refractivity contribution in [3.05, 3.63) is 50.7 Å². The highest BCUT2D eigenvalue weighted by Crippen LogP contribution is 2.30. The van der Waals surface area contributed by atoms with Crippen molar-refractivity contribution in [3.8, 4) is 5.75 Å². The number of pyridine rings is 1. The van der Waals surface area contributed by atoms with Crippen LogP contribution in [0.2, 0.25) is 10.3 Å². The Morgan fingerprint density at radius 2 is 1.85 bits per heavy atom. The Labute approximate surface area is 260 Å². The first-order valence-corrected chi connectivity index (χ1v) is 15.4. The van der Waals surface area contributed by atoms with Crippen molar-refractivity contribution in [2.24, 2.45) is 0 Å². The zero-order chi connectivity index (χ0) is 29.9. The van der Waals surface area contributed by atoms with Crippen molar-refractivity contribution in [2.45, 2.75) is 71.2 Å². The molecule has 0 bridgehead atoms. The second-order valence-electron chi connectivity index (χ2n) is 11.7. The van der Waals surface area contributed by atoms with Gasteiger partial charge in [0.15, 0.2) is 0 Å². The van der Waals surface area contributed by atoms with Crippen molar-refractivity contribution >= 4 is 56.9 Å². The van der Waals surface area contributed by atoms with Crippen LogP contribution in [0.25, 0.3) is 0 Å². The molecule has 2 aromatic rings. The second-order valence-corrected chi connectivity index (χ2v) is 13.4. The van der Waals surface area contributed by atoms with Crippen LogP contribution in [0, 0.1) is 0 Å². The topological polar surface area (TPSA) is 87.2 Å². The van der Waals surface area contributed by atoms with E-state index in [9.17, 15) is 9.59 Å². The van der Waals surface area contributed by atoms with E-state index in [1.54, 1.807) is 12.1 Å². The lowest BCUT2D eigenvalue weighted by molar-refractivity contribution is -0.0107. The second kappa shape index (κ2) is 13.4. The van der Waals surface area contributed by atoms with Crippen LogP contribution < -0.4 is 10.1 Å². The van der Waals surface area contributed by atoms with Crippen LogP contribution in [0.1, 0.15) is 46.6 Å². The predicted molar refractivity (Wildman–Crippen MR) is 165 cm³/mol. The van der Waals surface area contributed by atoms with Gasteiger partial charge in [-0.05, 0) is 83.4 Å². The first kappa shape index (κ1) is 31.7. The van der Waals surface area contributed by atoms with Crippen LogP contribution >= 0.6 is 39.1 Å². The number of carbonyl (C=O) groups excluding carboxylic acids is 2. The van der Waals surface area contributed by atoms with Crippen LogP contribution in [0.3, 0.4) is 0 Å². The average Bonchev–Trinajstić information content (AvgIpc) is 2.86.